The Morgan fingerprint density at radius 1 is 1.29 bits per heavy atom. The van der Waals surface area contributed by atoms with Crippen molar-refractivity contribution in [2.75, 3.05) is 6.54 Å². The van der Waals surface area contributed by atoms with Crippen LogP contribution in [0.2, 0.25) is 0 Å². The average molecular weight is 199 g/mol. The van der Waals surface area contributed by atoms with E-state index in [1.54, 1.807) is 0 Å². The van der Waals surface area contributed by atoms with E-state index in [1.165, 1.54) is 6.42 Å². The van der Waals surface area contributed by atoms with Crippen LogP contribution in [0.5, 0.6) is 0 Å². The van der Waals surface area contributed by atoms with Gasteiger partial charge in [0.15, 0.2) is 0 Å². The first-order chi connectivity index (χ1) is 6.38. The van der Waals surface area contributed by atoms with Crippen LogP contribution < -0.4 is 5.32 Å². The van der Waals surface area contributed by atoms with Crippen molar-refractivity contribution in [1.29, 1.82) is 0 Å². The molecule has 0 aromatic carbocycles. The van der Waals surface area contributed by atoms with Gasteiger partial charge in [-0.25, -0.2) is 0 Å². The Kier molecular flexibility index (Phi) is 3.96. The monoisotopic (exact) mass is 199 g/mol. The Morgan fingerprint density at radius 2 is 1.93 bits per heavy atom. The van der Waals surface area contributed by atoms with Crippen LogP contribution in [0.15, 0.2) is 0 Å². The van der Waals surface area contributed by atoms with Crippen molar-refractivity contribution in [3.63, 3.8) is 0 Å². The molecule has 0 radical (unpaired) electrons. The third kappa shape index (κ3) is 3.97. The molecular formula is C12H25NO. The fraction of sp³-hybridized carbons (Fsp3) is 1.00. The molecule has 2 unspecified atom stereocenters. The predicted molar refractivity (Wildman–Crippen MR) is 60.2 cm³/mol. The van der Waals surface area contributed by atoms with Gasteiger partial charge >= 0.3 is 0 Å². The first kappa shape index (κ1) is 12.0. The summed E-state index contributed by atoms with van der Waals surface area (Å²) in [5.41, 5.74) is -0.0312. The molecule has 0 saturated carbocycles. The van der Waals surface area contributed by atoms with E-state index in [9.17, 15) is 0 Å². The molecule has 2 heteroatoms. The Morgan fingerprint density at radius 3 is 2.43 bits per heavy atom. The molecule has 0 aromatic rings. The van der Waals surface area contributed by atoms with Gasteiger partial charge in [0.2, 0.25) is 0 Å². The Balaban J connectivity index is 2.40. The third-order valence-corrected chi connectivity index (χ3v) is 2.84. The summed E-state index contributed by atoms with van der Waals surface area (Å²) in [5.74, 6) is 1.60. The second-order valence-electron chi connectivity index (χ2n) is 5.70. The average Bonchev–Trinajstić information content (AvgIpc) is 2.01. The van der Waals surface area contributed by atoms with E-state index < -0.39 is 0 Å². The standard InChI is InChI=1S/C12H25NO/c1-9(2)10-6-7-13-11(8-10)14-12(3,4)5/h9-11,13H,6-8H2,1-5H3. The van der Waals surface area contributed by atoms with E-state index in [0.29, 0.717) is 0 Å². The summed E-state index contributed by atoms with van der Waals surface area (Å²) in [6.45, 7) is 12.1. The summed E-state index contributed by atoms with van der Waals surface area (Å²) in [4.78, 5) is 0. The number of ether oxygens (including phenoxy) is 1. The smallest absolute Gasteiger partial charge is 0.109 e. The lowest BCUT2D eigenvalue weighted by molar-refractivity contribution is -0.0955. The topological polar surface area (TPSA) is 21.3 Å². The highest BCUT2D eigenvalue weighted by molar-refractivity contribution is 4.76. The van der Waals surface area contributed by atoms with Crippen molar-refractivity contribution >= 4 is 0 Å². The summed E-state index contributed by atoms with van der Waals surface area (Å²) in [7, 11) is 0. The van der Waals surface area contributed by atoms with Crippen LogP contribution in [0.25, 0.3) is 0 Å². The highest BCUT2D eigenvalue weighted by atomic mass is 16.5. The molecule has 1 heterocycles. The van der Waals surface area contributed by atoms with E-state index in [0.717, 1.165) is 24.8 Å². The maximum absolute atomic E-state index is 5.95. The summed E-state index contributed by atoms with van der Waals surface area (Å²) in [5, 5.41) is 3.44. The first-order valence-electron chi connectivity index (χ1n) is 5.79. The quantitative estimate of drug-likeness (QED) is 0.738. The molecule has 0 aliphatic carbocycles. The molecule has 1 aliphatic rings. The summed E-state index contributed by atoms with van der Waals surface area (Å²) >= 11 is 0. The summed E-state index contributed by atoms with van der Waals surface area (Å²) in [6, 6.07) is 0. The SMILES string of the molecule is CC(C)C1CCNC(OC(C)(C)C)C1. The summed E-state index contributed by atoms with van der Waals surface area (Å²) in [6.07, 6.45) is 2.72. The molecule has 1 saturated heterocycles. The molecule has 2 nitrogen and oxygen atoms in total. The molecular weight excluding hydrogens is 174 g/mol. The van der Waals surface area contributed by atoms with E-state index in [-0.39, 0.29) is 11.8 Å². The van der Waals surface area contributed by atoms with E-state index in [4.69, 9.17) is 4.74 Å². The zero-order valence-corrected chi connectivity index (χ0v) is 10.3. The normalized spacial score (nSPS) is 29.6. The molecule has 1 aliphatic heterocycles. The molecule has 0 amide bonds. The van der Waals surface area contributed by atoms with Gasteiger partial charge in [0.1, 0.15) is 6.23 Å². The second kappa shape index (κ2) is 4.63. The van der Waals surface area contributed by atoms with Gasteiger partial charge in [0, 0.05) is 0 Å². The molecule has 14 heavy (non-hydrogen) atoms. The van der Waals surface area contributed by atoms with Gasteiger partial charge in [0.25, 0.3) is 0 Å². The number of piperidine rings is 1. The first-order valence-corrected chi connectivity index (χ1v) is 5.79. The van der Waals surface area contributed by atoms with E-state index in [2.05, 4.69) is 39.9 Å². The van der Waals surface area contributed by atoms with Gasteiger partial charge in [-0.3, -0.25) is 5.32 Å². The highest BCUT2D eigenvalue weighted by Crippen LogP contribution is 2.26. The van der Waals surface area contributed by atoms with Crippen LogP contribution in [-0.2, 0) is 4.74 Å². The minimum absolute atomic E-state index is 0.0312. The van der Waals surface area contributed by atoms with Crippen molar-refractivity contribution in [1.82, 2.24) is 5.32 Å². The largest absolute Gasteiger partial charge is 0.358 e. The molecule has 84 valence electrons. The minimum Gasteiger partial charge on any atom is -0.358 e. The van der Waals surface area contributed by atoms with Crippen molar-refractivity contribution in [2.24, 2.45) is 11.8 Å². The van der Waals surface area contributed by atoms with Gasteiger partial charge < -0.3 is 4.74 Å². The number of hydrogen-bond donors (Lipinski definition) is 1. The molecule has 1 N–H and O–H groups in total. The Labute approximate surface area is 88.4 Å². The fourth-order valence-corrected chi connectivity index (χ4v) is 2.03. The molecule has 1 rings (SSSR count). The second-order valence-corrected chi connectivity index (χ2v) is 5.70. The molecule has 1 fully saturated rings. The third-order valence-electron chi connectivity index (χ3n) is 2.84. The van der Waals surface area contributed by atoms with Crippen LogP contribution in [0, 0.1) is 11.8 Å². The molecule has 0 aromatic heterocycles. The Bertz CT molecular complexity index is 172. The van der Waals surface area contributed by atoms with Gasteiger partial charge in [-0.15, -0.1) is 0 Å². The summed E-state index contributed by atoms with van der Waals surface area (Å²) < 4.78 is 5.95. The van der Waals surface area contributed by atoms with E-state index >= 15 is 0 Å². The molecule has 0 spiro atoms. The highest BCUT2D eigenvalue weighted by Gasteiger charge is 2.27. The maximum atomic E-state index is 5.95. The van der Waals surface area contributed by atoms with Gasteiger partial charge in [-0.1, -0.05) is 13.8 Å². The fourth-order valence-electron chi connectivity index (χ4n) is 2.03. The lowest BCUT2D eigenvalue weighted by atomic mass is 9.86. The van der Waals surface area contributed by atoms with Crippen molar-refractivity contribution < 1.29 is 4.74 Å². The van der Waals surface area contributed by atoms with Crippen LogP contribution >= 0.6 is 0 Å². The maximum Gasteiger partial charge on any atom is 0.109 e. The van der Waals surface area contributed by atoms with Crippen molar-refractivity contribution in [3.8, 4) is 0 Å². The van der Waals surface area contributed by atoms with E-state index in [1.807, 2.05) is 0 Å². The number of hydrogen-bond acceptors (Lipinski definition) is 2. The van der Waals surface area contributed by atoms with Gasteiger partial charge in [-0.05, 0) is 52.0 Å². The van der Waals surface area contributed by atoms with Crippen LogP contribution in [-0.4, -0.2) is 18.4 Å². The van der Waals surface area contributed by atoms with Gasteiger partial charge in [0.05, 0.1) is 5.60 Å². The van der Waals surface area contributed by atoms with Crippen LogP contribution in [0.3, 0.4) is 0 Å². The number of nitrogens with one attached hydrogen (secondary N) is 1. The molecule has 2 atom stereocenters. The lowest BCUT2D eigenvalue weighted by Crippen LogP contribution is -2.44. The van der Waals surface area contributed by atoms with Gasteiger partial charge in [-0.2, -0.15) is 0 Å². The zero-order valence-electron chi connectivity index (χ0n) is 10.3. The minimum atomic E-state index is -0.0312. The van der Waals surface area contributed by atoms with Crippen molar-refractivity contribution in [2.45, 2.75) is 59.3 Å². The van der Waals surface area contributed by atoms with Crippen LogP contribution in [0.1, 0.15) is 47.5 Å². The number of rotatable bonds is 2. The lowest BCUT2D eigenvalue weighted by Gasteiger charge is -2.36. The predicted octanol–water partition coefficient (Wildman–Crippen LogP) is 2.78. The zero-order chi connectivity index (χ0) is 10.8. The molecule has 0 bridgehead atoms. The van der Waals surface area contributed by atoms with Crippen LogP contribution in [0.4, 0.5) is 0 Å². The Hall–Kier alpha value is -0.0800. The van der Waals surface area contributed by atoms with Crippen molar-refractivity contribution in [3.05, 3.63) is 0 Å².